The lowest BCUT2D eigenvalue weighted by atomic mass is 10.0. The number of aliphatic hydroxyl groups is 1. The molecular weight excluding hydrogens is 228 g/mol. The van der Waals surface area contributed by atoms with Crippen LogP contribution < -0.4 is 5.32 Å². The summed E-state index contributed by atoms with van der Waals surface area (Å²) in [5.74, 6) is 0.755. The molecule has 0 saturated carbocycles. The average Bonchev–Trinajstić information content (AvgIpc) is 2.31. The molecule has 0 spiro atoms. The van der Waals surface area contributed by atoms with E-state index in [9.17, 15) is 0 Å². The highest BCUT2D eigenvalue weighted by Crippen LogP contribution is 2.13. The first-order valence-corrected chi connectivity index (χ1v) is 7.24. The third-order valence-corrected chi connectivity index (χ3v) is 3.53. The molecule has 4 heteroatoms. The van der Waals surface area contributed by atoms with Crippen LogP contribution in [0.5, 0.6) is 0 Å². The van der Waals surface area contributed by atoms with E-state index in [0.717, 1.165) is 12.3 Å². The highest BCUT2D eigenvalue weighted by atomic mass is 16.5. The van der Waals surface area contributed by atoms with Crippen LogP contribution in [0.3, 0.4) is 0 Å². The summed E-state index contributed by atoms with van der Waals surface area (Å²) in [7, 11) is 1.72. The van der Waals surface area contributed by atoms with Crippen molar-refractivity contribution in [3.05, 3.63) is 0 Å². The van der Waals surface area contributed by atoms with Gasteiger partial charge in [0, 0.05) is 32.3 Å². The Balaban J connectivity index is 2.24. The standard InChI is InChI=1S/C14H30N2O2/c1-12(2)10-16-7-4-13(5-8-16)15-14(6-9-17)11-18-3/h12-15,17H,4-11H2,1-3H3. The average molecular weight is 258 g/mol. The molecule has 0 aromatic heterocycles. The summed E-state index contributed by atoms with van der Waals surface area (Å²) < 4.78 is 5.19. The highest BCUT2D eigenvalue weighted by Gasteiger charge is 2.21. The number of hydrogen-bond acceptors (Lipinski definition) is 4. The predicted octanol–water partition coefficient (Wildman–Crippen LogP) is 1.09. The van der Waals surface area contributed by atoms with E-state index >= 15 is 0 Å². The number of hydrogen-bond donors (Lipinski definition) is 2. The number of methoxy groups -OCH3 is 1. The molecule has 1 aliphatic heterocycles. The molecule has 18 heavy (non-hydrogen) atoms. The summed E-state index contributed by atoms with van der Waals surface area (Å²) >= 11 is 0. The van der Waals surface area contributed by atoms with E-state index in [1.165, 1.54) is 32.5 Å². The molecule has 1 atom stereocenters. The Morgan fingerprint density at radius 3 is 2.50 bits per heavy atom. The first kappa shape index (κ1) is 15.9. The van der Waals surface area contributed by atoms with E-state index in [2.05, 4.69) is 24.1 Å². The SMILES string of the molecule is COCC(CCO)NC1CCN(CC(C)C)CC1. The molecule has 1 unspecified atom stereocenters. The quantitative estimate of drug-likeness (QED) is 0.684. The molecular formula is C14H30N2O2. The fourth-order valence-corrected chi connectivity index (χ4v) is 2.70. The summed E-state index contributed by atoms with van der Waals surface area (Å²) in [6, 6.07) is 0.877. The number of piperidine rings is 1. The van der Waals surface area contributed by atoms with Crippen molar-refractivity contribution in [2.45, 2.75) is 45.2 Å². The number of nitrogens with zero attached hydrogens (tertiary/aromatic N) is 1. The van der Waals surface area contributed by atoms with E-state index in [4.69, 9.17) is 9.84 Å². The third-order valence-electron chi connectivity index (χ3n) is 3.53. The molecule has 1 heterocycles. The van der Waals surface area contributed by atoms with Gasteiger partial charge in [0.2, 0.25) is 0 Å². The molecule has 0 aliphatic carbocycles. The van der Waals surface area contributed by atoms with Gasteiger partial charge in [-0.3, -0.25) is 0 Å². The molecule has 2 N–H and O–H groups in total. The molecule has 0 bridgehead atoms. The Morgan fingerprint density at radius 2 is 2.00 bits per heavy atom. The maximum absolute atomic E-state index is 9.03. The van der Waals surface area contributed by atoms with Crippen molar-refractivity contribution in [1.82, 2.24) is 10.2 Å². The Kier molecular flexibility index (Phi) is 7.82. The van der Waals surface area contributed by atoms with Gasteiger partial charge in [-0.2, -0.15) is 0 Å². The molecule has 1 rings (SSSR count). The van der Waals surface area contributed by atoms with E-state index in [-0.39, 0.29) is 6.61 Å². The molecule has 0 amide bonds. The van der Waals surface area contributed by atoms with Crippen LogP contribution in [0, 0.1) is 5.92 Å². The van der Waals surface area contributed by atoms with Crippen LogP contribution in [0.4, 0.5) is 0 Å². The molecule has 1 fully saturated rings. The molecule has 0 radical (unpaired) electrons. The lowest BCUT2D eigenvalue weighted by Crippen LogP contribution is -2.48. The van der Waals surface area contributed by atoms with Gasteiger partial charge in [-0.05, 0) is 38.3 Å². The third kappa shape index (κ3) is 6.14. The topological polar surface area (TPSA) is 44.7 Å². The maximum Gasteiger partial charge on any atom is 0.0616 e. The van der Waals surface area contributed by atoms with Crippen molar-refractivity contribution in [3.63, 3.8) is 0 Å². The van der Waals surface area contributed by atoms with Gasteiger partial charge < -0.3 is 20.1 Å². The van der Waals surface area contributed by atoms with Crippen molar-refractivity contribution in [3.8, 4) is 0 Å². The van der Waals surface area contributed by atoms with E-state index in [1.54, 1.807) is 7.11 Å². The minimum atomic E-state index is 0.229. The van der Waals surface area contributed by atoms with Crippen LogP contribution in [0.1, 0.15) is 33.1 Å². The number of aliphatic hydroxyl groups excluding tert-OH is 1. The van der Waals surface area contributed by atoms with Crippen molar-refractivity contribution < 1.29 is 9.84 Å². The Hall–Kier alpha value is -0.160. The molecule has 1 saturated heterocycles. The van der Waals surface area contributed by atoms with Gasteiger partial charge in [0.25, 0.3) is 0 Å². The van der Waals surface area contributed by atoms with Gasteiger partial charge >= 0.3 is 0 Å². The summed E-state index contributed by atoms with van der Waals surface area (Å²) in [5, 5.41) is 12.7. The van der Waals surface area contributed by atoms with E-state index in [0.29, 0.717) is 18.7 Å². The fraction of sp³-hybridized carbons (Fsp3) is 1.00. The molecule has 108 valence electrons. The Bertz CT molecular complexity index is 198. The second-order valence-corrected chi connectivity index (χ2v) is 5.80. The monoisotopic (exact) mass is 258 g/mol. The number of rotatable bonds is 8. The highest BCUT2D eigenvalue weighted by molar-refractivity contribution is 4.81. The molecule has 0 aromatic rings. The second-order valence-electron chi connectivity index (χ2n) is 5.80. The van der Waals surface area contributed by atoms with Crippen LogP contribution in [0.2, 0.25) is 0 Å². The normalized spacial score (nSPS) is 20.5. The maximum atomic E-state index is 9.03. The van der Waals surface area contributed by atoms with Crippen LogP contribution in [-0.4, -0.2) is 62.0 Å². The Labute approximate surface area is 112 Å². The van der Waals surface area contributed by atoms with Crippen molar-refractivity contribution in [1.29, 1.82) is 0 Å². The van der Waals surface area contributed by atoms with Gasteiger partial charge in [-0.25, -0.2) is 0 Å². The summed E-state index contributed by atoms with van der Waals surface area (Å²) in [4.78, 5) is 2.56. The van der Waals surface area contributed by atoms with Gasteiger partial charge in [0.05, 0.1) is 6.61 Å². The first-order chi connectivity index (χ1) is 8.65. The largest absolute Gasteiger partial charge is 0.396 e. The zero-order valence-corrected chi connectivity index (χ0v) is 12.2. The van der Waals surface area contributed by atoms with E-state index < -0.39 is 0 Å². The molecule has 0 aromatic carbocycles. The predicted molar refractivity (Wildman–Crippen MR) is 74.8 cm³/mol. The zero-order valence-electron chi connectivity index (χ0n) is 12.2. The van der Waals surface area contributed by atoms with Crippen molar-refractivity contribution in [2.75, 3.05) is 40.0 Å². The van der Waals surface area contributed by atoms with Crippen molar-refractivity contribution in [2.24, 2.45) is 5.92 Å². The lowest BCUT2D eigenvalue weighted by Gasteiger charge is -2.35. The number of ether oxygens (including phenoxy) is 1. The minimum absolute atomic E-state index is 0.229. The summed E-state index contributed by atoms with van der Waals surface area (Å²) in [5.41, 5.74) is 0. The summed E-state index contributed by atoms with van der Waals surface area (Å²) in [6.45, 7) is 9.06. The van der Waals surface area contributed by atoms with Crippen LogP contribution in [0.15, 0.2) is 0 Å². The van der Waals surface area contributed by atoms with Crippen molar-refractivity contribution >= 4 is 0 Å². The number of likely N-dealkylation sites (tertiary alicyclic amines) is 1. The van der Waals surface area contributed by atoms with Gasteiger partial charge in [-0.15, -0.1) is 0 Å². The smallest absolute Gasteiger partial charge is 0.0616 e. The zero-order chi connectivity index (χ0) is 13.4. The Morgan fingerprint density at radius 1 is 1.33 bits per heavy atom. The van der Waals surface area contributed by atoms with Crippen LogP contribution in [0.25, 0.3) is 0 Å². The fourth-order valence-electron chi connectivity index (χ4n) is 2.70. The minimum Gasteiger partial charge on any atom is -0.396 e. The lowest BCUT2D eigenvalue weighted by molar-refractivity contribution is 0.124. The number of nitrogens with one attached hydrogen (secondary N) is 1. The molecule has 1 aliphatic rings. The molecule has 4 nitrogen and oxygen atoms in total. The van der Waals surface area contributed by atoms with Crippen LogP contribution in [-0.2, 0) is 4.74 Å². The van der Waals surface area contributed by atoms with E-state index in [1.807, 2.05) is 0 Å². The van der Waals surface area contributed by atoms with Gasteiger partial charge in [0.15, 0.2) is 0 Å². The first-order valence-electron chi connectivity index (χ1n) is 7.24. The van der Waals surface area contributed by atoms with Gasteiger partial charge in [0.1, 0.15) is 0 Å². The second kappa shape index (κ2) is 8.86. The van der Waals surface area contributed by atoms with Gasteiger partial charge in [-0.1, -0.05) is 13.8 Å². The summed E-state index contributed by atoms with van der Waals surface area (Å²) in [6.07, 6.45) is 3.19. The van der Waals surface area contributed by atoms with Crippen LogP contribution >= 0.6 is 0 Å².